The Morgan fingerprint density at radius 2 is 1.73 bits per heavy atom. The molecule has 0 aliphatic heterocycles. The third-order valence-corrected chi connectivity index (χ3v) is 3.26. The molecule has 0 spiro atoms. The summed E-state index contributed by atoms with van der Waals surface area (Å²) in [6.45, 7) is 1.91. The number of carbonyl (C=O) groups excluding carboxylic acids is 2. The van der Waals surface area contributed by atoms with Gasteiger partial charge in [-0.25, -0.2) is 4.79 Å². The normalized spacial score (nSPS) is 11.4. The van der Waals surface area contributed by atoms with Gasteiger partial charge >= 0.3 is 6.03 Å². The Labute approximate surface area is 129 Å². The standard InChI is InChI=1S/C17H19N3O2/c1-12(13-7-4-3-5-8-13)19-17(22)20-15-10-6-9-14(11-15)16(21)18-2/h3-12H,1-2H3,(H,18,21)(H2,19,20,22)/t12-/m0/s1. The van der Waals surface area contributed by atoms with E-state index in [9.17, 15) is 9.59 Å². The lowest BCUT2D eigenvalue weighted by molar-refractivity contribution is 0.0963. The number of urea groups is 1. The number of nitrogens with one attached hydrogen (secondary N) is 3. The van der Waals surface area contributed by atoms with Gasteiger partial charge in [-0.2, -0.15) is 0 Å². The fraction of sp³-hybridized carbons (Fsp3) is 0.176. The van der Waals surface area contributed by atoms with Crippen molar-refractivity contribution in [2.45, 2.75) is 13.0 Å². The minimum Gasteiger partial charge on any atom is -0.355 e. The lowest BCUT2D eigenvalue weighted by atomic mass is 10.1. The molecule has 0 saturated heterocycles. The van der Waals surface area contributed by atoms with Gasteiger partial charge in [0.1, 0.15) is 0 Å². The van der Waals surface area contributed by atoms with Crippen molar-refractivity contribution in [3.8, 4) is 0 Å². The average Bonchev–Trinajstić information content (AvgIpc) is 2.55. The monoisotopic (exact) mass is 297 g/mol. The van der Waals surface area contributed by atoms with E-state index in [2.05, 4.69) is 16.0 Å². The van der Waals surface area contributed by atoms with Gasteiger partial charge in [0.2, 0.25) is 0 Å². The second-order valence-electron chi connectivity index (χ2n) is 4.89. The summed E-state index contributed by atoms with van der Waals surface area (Å²) < 4.78 is 0. The van der Waals surface area contributed by atoms with Crippen molar-refractivity contribution in [2.75, 3.05) is 12.4 Å². The van der Waals surface area contributed by atoms with Crippen LogP contribution in [0.4, 0.5) is 10.5 Å². The number of hydrogen-bond acceptors (Lipinski definition) is 2. The van der Waals surface area contributed by atoms with Gasteiger partial charge in [-0.15, -0.1) is 0 Å². The Bertz CT molecular complexity index is 656. The maximum absolute atomic E-state index is 12.0. The van der Waals surface area contributed by atoms with Crippen LogP contribution in [0.1, 0.15) is 28.9 Å². The van der Waals surface area contributed by atoms with Gasteiger partial charge in [0.05, 0.1) is 6.04 Å². The SMILES string of the molecule is CNC(=O)c1cccc(NC(=O)N[C@@H](C)c2ccccc2)c1. The van der Waals surface area contributed by atoms with E-state index in [-0.39, 0.29) is 18.0 Å². The van der Waals surface area contributed by atoms with Crippen molar-refractivity contribution >= 4 is 17.6 Å². The topological polar surface area (TPSA) is 70.2 Å². The second-order valence-corrected chi connectivity index (χ2v) is 4.89. The van der Waals surface area contributed by atoms with E-state index in [0.29, 0.717) is 11.3 Å². The van der Waals surface area contributed by atoms with Gasteiger partial charge in [0.25, 0.3) is 5.91 Å². The molecule has 3 N–H and O–H groups in total. The third-order valence-electron chi connectivity index (χ3n) is 3.26. The number of carbonyl (C=O) groups is 2. The molecule has 0 radical (unpaired) electrons. The van der Waals surface area contributed by atoms with Crippen LogP contribution in [0.3, 0.4) is 0 Å². The minimum atomic E-state index is -0.314. The van der Waals surface area contributed by atoms with E-state index < -0.39 is 0 Å². The van der Waals surface area contributed by atoms with E-state index in [1.54, 1.807) is 31.3 Å². The van der Waals surface area contributed by atoms with Gasteiger partial charge in [-0.3, -0.25) is 4.79 Å². The van der Waals surface area contributed by atoms with Crippen LogP contribution >= 0.6 is 0 Å². The number of rotatable bonds is 4. The average molecular weight is 297 g/mol. The van der Waals surface area contributed by atoms with Gasteiger partial charge in [-0.05, 0) is 30.7 Å². The fourth-order valence-corrected chi connectivity index (χ4v) is 2.07. The highest BCUT2D eigenvalue weighted by molar-refractivity contribution is 5.96. The molecule has 2 rings (SSSR count). The van der Waals surface area contributed by atoms with Crippen LogP contribution in [0.25, 0.3) is 0 Å². The zero-order chi connectivity index (χ0) is 15.9. The summed E-state index contributed by atoms with van der Waals surface area (Å²) in [5.41, 5.74) is 2.09. The lowest BCUT2D eigenvalue weighted by Gasteiger charge is -2.15. The van der Waals surface area contributed by atoms with Crippen LogP contribution in [-0.4, -0.2) is 19.0 Å². The molecule has 0 saturated carbocycles. The Balaban J connectivity index is 1.99. The smallest absolute Gasteiger partial charge is 0.319 e. The zero-order valence-electron chi connectivity index (χ0n) is 12.6. The molecule has 0 unspecified atom stereocenters. The van der Waals surface area contributed by atoms with Crippen molar-refractivity contribution in [2.24, 2.45) is 0 Å². The quantitative estimate of drug-likeness (QED) is 0.812. The maximum Gasteiger partial charge on any atom is 0.319 e. The molecule has 1 atom stereocenters. The molecule has 0 bridgehead atoms. The van der Waals surface area contributed by atoms with Crippen molar-refractivity contribution in [3.63, 3.8) is 0 Å². The molecule has 0 aliphatic carbocycles. The second kappa shape index (κ2) is 7.26. The van der Waals surface area contributed by atoms with Crippen molar-refractivity contribution in [1.29, 1.82) is 0 Å². The molecule has 22 heavy (non-hydrogen) atoms. The molecule has 3 amide bonds. The zero-order valence-corrected chi connectivity index (χ0v) is 12.6. The largest absolute Gasteiger partial charge is 0.355 e. The minimum absolute atomic E-state index is 0.108. The Kier molecular flexibility index (Phi) is 5.14. The van der Waals surface area contributed by atoms with E-state index in [1.165, 1.54) is 0 Å². The first-order chi connectivity index (χ1) is 10.6. The molecule has 2 aromatic carbocycles. The molecule has 2 aromatic rings. The third kappa shape index (κ3) is 4.09. The highest BCUT2D eigenvalue weighted by Crippen LogP contribution is 2.13. The Morgan fingerprint density at radius 3 is 2.41 bits per heavy atom. The van der Waals surface area contributed by atoms with E-state index in [1.807, 2.05) is 37.3 Å². The van der Waals surface area contributed by atoms with Crippen LogP contribution in [-0.2, 0) is 0 Å². The number of amides is 3. The highest BCUT2D eigenvalue weighted by atomic mass is 16.2. The van der Waals surface area contributed by atoms with E-state index >= 15 is 0 Å². The molecule has 0 fully saturated rings. The summed E-state index contributed by atoms with van der Waals surface area (Å²) in [5, 5.41) is 8.14. The molecular weight excluding hydrogens is 278 g/mol. The predicted octanol–water partition coefficient (Wildman–Crippen LogP) is 2.93. The maximum atomic E-state index is 12.0. The van der Waals surface area contributed by atoms with Gasteiger partial charge in [0, 0.05) is 18.3 Å². The van der Waals surface area contributed by atoms with Gasteiger partial charge < -0.3 is 16.0 Å². The Morgan fingerprint density at radius 1 is 1.00 bits per heavy atom. The van der Waals surface area contributed by atoms with Crippen molar-refractivity contribution in [3.05, 3.63) is 65.7 Å². The molecule has 114 valence electrons. The predicted molar refractivity (Wildman–Crippen MR) is 86.8 cm³/mol. The first-order valence-corrected chi connectivity index (χ1v) is 7.04. The van der Waals surface area contributed by atoms with Gasteiger partial charge in [0.15, 0.2) is 0 Å². The molecule has 0 heterocycles. The first-order valence-electron chi connectivity index (χ1n) is 7.04. The molecule has 5 nitrogen and oxygen atoms in total. The summed E-state index contributed by atoms with van der Waals surface area (Å²) >= 11 is 0. The van der Waals surface area contributed by atoms with Crippen LogP contribution in [0.2, 0.25) is 0 Å². The van der Waals surface area contributed by atoms with Crippen LogP contribution in [0.5, 0.6) is 0 Å². The number of anilines is 1. The number of hydrogen-bond donors (Lipinski definition) is 3. The summed E-state index contributed by atoms with van der Waals surface area (Å²) in [6, 6.07) is 16.1. The van der Waals surface area contributed by atoms with Crippen molar-refractivity contribution in [1.82, 2.24) is 10.6 Å². The first kappa shape index (κ1) is 15.6. The molecule has 5 heteroatoms. The number of benzene rings is 2. The summed E-state index contributed by atoms with van der Waals surface area (Å²) in [7, 11) is 1.57. The summed E-state index contributed by atoms with van der Waals surface area (Å²) in [6.07, 6.45) is 0. The highest BCUT2D eigenvalue weighted by Gasteiger charge is 2.10. The van der Waals surface area contributed by atoms with Gasteiger partial charge in [-0.1, -0.05) is 36.4 Å². The van der Waals surface area contributed by atoms with Crippen molar-refractivity contribution < 1.29 is 9.59 Å². The van der Waals surface area contributed by atoms with Crippen LogP contribution < -0.4 is 16.0 Å². The van der Waals surface area contributed by atoms with Crippen LogP contribution in [0, 0.1) is 0 Å². The van der Waals surface area contributed by atoms with Crippen LogP contribution in [0.15, 0.2) is 54.6 Å². The summed E-state index contributed by atoms with van der Waals surface area (Å²) in [5.74, 6) is -0.193. The molecular formula is C17H19N3O2. The molecule has 0 aliphatic rings. The molecule has 0 aromatic heterocycles. The lowest BCUT2D eigenvalue weighted by Crippen LogP contribution is -2.31. The Hall–Kier alpha value is -2.82. The van der Waals surface area contributed by atoms with E-state index in [0.717, 1.165) is 5.56 Å². The summed E-state index contributed by atoms with van der Waals surface area (Å²) in [4.78, 5) is 23.6. The fourth-order valence-electron chi connectivity index (χ4n) is 2.07. The van der Waals surface area contributed by atoms with E-state index in [4.69, 9.17) is 0 Å².